The molecule has 26 heavy (non-hydrogen) atoms. The minimum Gasteiger partial charge on any atom is -0.302 e. The maximum atomic E-state index is 12.3. The van der Waals surface area contributed by atoms with E-state index in [1.54, 1.807) is 23.1 Å². The van der Waals surface area contributed by atoms with Gasteiger partial charge in [0.25, 0.3) is 0 Å². The highest BCUT2D eigenvalue weighted by molar-refractivity contribution is 7.98. The van der Waals surface area contributed by atoms with Gasteiger partial charge in [0.05, 0.1) is 16.6 Å². The van der Waals surface area contributed by atoms with E-state index in [0.29, 0.717) is 11.6 Å². The first-order chi connectivity index (χ1) is 12.7. The van der Waals surface area contributed by atoms with Gasteiger partial charge in [-0.05, 0) is 36.1 Å². The SMILES string of the molecule is CSc1ccc(CC(=O)Nc2nc(-c3nc4ccccc4s3)cs2)cc1. The summed E-state index contributed by atoms with van der Waals surface area (Å²) < 4.78 is 1.13. The molecular formula is C19H15N3OS3. The van der Waals surface area contributed by atoms with Crippen LogP contribution in [0.1, 0.15) is 5.56 Å². The first-order valence-corrected chi connectivity index (χ1v) is 10.9. The number of nitrogens with one attached hydrogen (secondary N) is 1. The molecule has 0 aliphatic heterocycles. The molecule has 2 aromatic carbocycles. The summed E-state index contributed by atoms with van der Waals surface area (Å²) in [7, 11) is 0. The molecule has 4 nitrogen and oxygen atoms in total. The number of aromatic nitrogens is 2. The molecule has 0 saturated heterocycles. The predicted octanol–water partition coefficient (Wildman–Crippen LogP) is 5.32. The van der Waals surface area contributed by atoms with E-state index < -0.39 is 0 Å². The molecule has 0 saturated carbocycles. The van der Waals surface area contributed by atoms with Crippen LogP contribution in [0.5, 0.6) is 0 Å². The van der Waals surface area contributed by atoms with Gasteiger partial charge in [-0.2, -0.15) is 0 Å². The van der Waals surface area contributed by atoms with Crippen molar-refractivity contribution in [2.45, 2.75) is 11.3 Å². The van der Waals surface area contributed by atoms with Crippen molar-refractivity contribution in [2.75, 3.05) is 11.6 Å². The second-order valence-electron chi connectivity index (χ2n) is 5.60. The molecule has 0 aliphatic carbocycles. The topological polar surface area (TPSA) is 54.9 Å². The van der Waals surface area contributed by atoms with Crippen LogP contribution >= 0.6 is 34.4 Å². The summed E-state index contributed by atoms with van der Waals surface area (Å²) in [5.74, 6) is -0.0629. The zero-order chi connectivity index (χ0) is 17.9. The lowest BCUT2D eigenvalue weighted by atomic mass is 10.1. The number of fused-ring (bicyclic) bond motifs is 1. The van der Waals surface area contributed by atoms with E-state index in [9.17, 15) is 4.79 Å². The van der Waals surface area contributed by atoms with Crippen molar-refractivity contribution < 1.29 is 4.79 Å². The first-order valence-electron chi connectivity index (χ1n) is 7.95. The average Bonchev–Trinajstić information content (AvgIpc) is 3.28. The van der Waals surface area contributed by atoms with E-state index in [4.69, 9.17) is 0 Å². The number of rotatable bonds is 5. The zero-order valence-corrected chi connectivity index (χ0v) is 16.4. The fourth-order valence-corrected chi connectivity index (χ4v) is 4.62. The molecule has 1 N–H and O–H groups in total. The van der Waals surface area contributed by atoms with Gasteiger partial charge in [-0.3, -0.25) is 4.79 Å². The van der Waals surface area contributed by atoms with Crippen molar-refractivity contribution in [3.8, 4) is 10.7 Å². The number of amides is 1. The lowest BCUT2D eigenvalue weighted by Crippen LogP contribution is -2.14. The highest BCUT2D eigenvalue weighted by Gasteiger charge is 2.12. The Hall–Kier alpha value is -2.22. The van der Waals surface area contributed by atoms with Crippen molar-refractivity contribution in [1.29, 1.82) is 0 Å². The van der Waals surface area contributed by atoms with Crippen LogP contribution in [0.25, 0.3) is 20.9 Å². The quantitative estimate of drug-likeness (QED) is 0.463. The van der Waals surface area contributed by atoms with Gasteiger partial charge in [-0.15, -0.1) is 34.4 Å². The molecule has 130 valence electrons. The van der Waals surface area contributed by atoms with Crippen LogP contribution in [0.15, 0.2) is 58.8 Å². The molecule has 4 rings (SSSR count). The molecule has 0 aliphatic rings. The second kappa shape index (κ2) is 7.57. The van der Waals surface area contributed by atoms with Crippen LogP contribution in [0.2, 0.25) is 0 Å². The number of carbonyl (C=O) groups is 1. The van der Waals surface area contributed by atoms with E-state index in [1.807, 2.05) is 60.2 Å². The third-order valence-electron chi connectivity index (χ3n) is 3.79. The minimum absolute atomic E-state index is 0.0629. The van der Waals surface area contributed by atoms with Crippen LogP contribution in [0, 0.1) is 0 Å². The molecule has 1 amide bonds. The number of benzene rings is 2. The van der Waals surface area contributed by atoms with E-state index in [1.165, 1.54) is 16.2 Å². The molecule has 0 unspecified atom stereocenters. The molecule has 2 heterocycles. The third-order valence-corrected chi connectivity index (χ3v) is 6.35. The maximum Gasteiger partial charge on any atom is 0.230 e. The van der Waals surface area contributed by atoms with Crippen molar-refractivity contribution in [2.24, 2.45) is 0 Å². The summed E-state index contributed by atoms with van der Waals surface area (Å²) in [6, 6.07) is 16.1. The van der Waals surface area contributed by atoms with Gasteiger partial charge < -0.3 is 5.32 Å². The number of hydrogen-bond donors (Lipinski definition) is 1. The van der Waals surface area contributed by atoms with Crippen LogP contribution in [0.4, 0.5) is 5.13 Å². The van der Waals surface area contributed by atoms with Crippen LogP contribution in [-0.4, -0.2) is 22.1 Å². The van der Waals surface area contributed by atoms with Gasteiger partial charge in [0.1, 0.15) is 10.7 Å². The standard InChI is InChI=1S/C19H15N3OS3/c1-24-13-8-6-12(7-9-13)10-17(23)22-19-21-15(11-25-19)18-20-14-4-2-3-5-16(14)26-18/h2-9,11H,10H2,1H3,(H,21,22,23). The molecule has 0 fully saturated rings. The molecule has 0 radical (unpaired) electrons. The first kappa shape index (κ1) is 17.2. The zero-order valence-electron chi connectivity index (χ0n) is 13.9. The minimum atomic E-state index is -0.0629. The summed E-state index contributed by atoms with van der Waals surface area (Å²) in [5.41, 5.74) is 2.76. The summed E-state index contributed by atoms with van der Waals surface area (Å²) >= 11 is 4.71. The van der Waals surface area contributed by atoms with Gasteiger partial charge >= 0.3 is 0 Å². The average molecular weight is 398 g/mol. The Labute approximate surface area is 163 Å². The number of carbonyl (C=O) groups excluding carboxylic acids is 1. The Morgan fingerprint density at radius 2 is 1.92 bits per heavy atom. The summed E-state index contributed by atoms with van der Waals surface area (Å²) in [4.78, 5) is 22.6. The maximum absolute atomic E-state index is 12.3. The Kier molecular flexibility index (Phi) is 5.01. The molecule has 7 heteroatoms. The highest BCUT2D eigenvalue weighted by atomic mass is 32.2. The molecule has 2 aromatic heterocycles. The Bertz CT molecular complexity index is 1020. The van der Waals surface area contributed by atoms with Crippen molar-refractivity contribution in [3.63, 3.8) is 0 Å². The summed E-state index contributed by atoms with van der Waals surface area (Å²) in [6.45, 7) is 0. The third kappa shape index (κ3) is 3.80. The molecular weight excluding hydrogens is 382 g/mol. The van der Waals surface area contributed by atoms with Gasteiger partial charge in [-0.1, -0.05) is 24.3 Å². The molecule has 4 aromatic rings. The predicted molar refractivity (Wildman–Crippen MR) is 111 cm³/mol. The number of hydrogen-bond acceptors (Lipinski definition) is 6. The van der Waals surface area contributed by atoms with Gasteiger partial charge in [0, 0.05) is 10.3 Å². The van der Waals surface area contributed by atoms with Crippen LogP contribution in [-0.2, 0) is 11.2 Å². The fourth-order valence-electron chi connectivity index (χ4n) is 2.50. The highest BCUT2D eigenvalue weighted by Crippen LogP contribution is 2.31. The Balaban J connectivity index is 1.44. The lowest BCUT2D eigenvalue weighted by Gasteiger charge is -2.03. The second-order valence-corrected chi connectivity index (χ2v) is 8.37. The number of nitrogens with zero attached hydrogens (tertiary/aromatic N) is 2. The van der Waals surface area contributed by atoms with E-state index in [-0.39, 0.29) is 5.91 Å². The molecule has 0 spiro atoms. The Morgan fingerprint density at radius 3 is 2.69 bits per heavy atom. The number of thiazole rings is 2. The normalized spacial score (nSPS) is 11.0. The summed E-state index contributed by atoms with van der Waals surface area (Å²) in [5, 5.41) is 6.29. The lowest BCUT2D eigenvalue weighted by molar-refractivity contribution is -0.115. The van der Waals surface area contributed by atoms with Crippen LogP contribution < -0.4 is 5.32 Å². The van der Waals surface area contributed by atoms with Crippen molar-refractivity contribution in [3.05, 3.63) is 59.5 Å². The Morgan fingerprint density at radius 1 is 1.12 bits per heavy atom. The van der Waals surface area contributed by atoms with Crippen molar-refractivity contribution in [1.82, 2.24) is 9.97 Å². The summed E-state index contributed by atoms with van der Waals surface area (Å²) in [6.07, 6.45) is 2.37. The fraction of sp³-hybridized carbons (Fsp3) is 0.105. The van der Waals surface area contributed by atoms with Crippen molar-refractivity contribution >= 4 is 55.7 Å². The van der Waals surface area contributed by atoms with Gasteiger partial charge in [0.2, 0.25) is 5.91 Å². The smallest absolute Gasteiger partial charge is 0.230 e. The van der Waals surface area contributed by atoms with E-state index in [0.717, 1.165) is 26.5 Å². The molecule has 0 bridgehead atoms. The number of anilines is 1. The van der Waals surface area contributed by atoms with E-state index >= 15 is 0 Å². The van der Waals surface area contributed by atoms with E-state index in [2.05, 4.69) is 15.3 Å². The molecule has 0 atom stereocenters. The van der Waals surface area contributed by atoms with Gasteiger partial charge in [-0.25, -0.2) is 9.97 Å². The number of thioether (sulfide) groups is 1. The largest absolute Gasteiger partial charge is 0.302 e. The monoisotopic (exact) mass is 397 g/mol. The van der Waals surface area contributed by atoms with Crippen LogP contribution in [0.3, 0.4) is 0 Å². The van der Waals surface area contributed by atoms with Gasteiger partial charge in [0.15, 0.2) is 5.13 Å². The number of para-hydroxylation sites is 1.